The standard InChI is InChI=1S/C7H7BrFN3O3S/c8-3-1-4(9)6(2-5(3)10)16(14,15)12-7(11)13/h1-2H,10H2,(H3,11,12,13). The topological polar surface area (TPSA) is 115 Å². The molecule has 0 saturated heterocycles. The average molecular weight is 312 g/mol. The molecule has 0 aliphatic rings. The average Bonchev–Trinajstić information content (AvgIpc) is 2.08. The van der Waals surface area contributed by atoms with Crippen LogP contribution in [0.25, 0.3) is 0 Å². The predicted molar refractivity (Wildman–Crippen MR) is 58.4 cm³/mol. The van der Waals surface area contributed by atoms with Gasteiger partial charge in [0.1, 0.15) is 10.7 Å². The molecule has 0 aromatic heterocycles. The van der Waals surface area contributed by atoms with Crippen molar-refractivity contribution in [1.82, 2.24) is 4.72 Å². The fourth-order valence-electron chi connectivity index (χ4n) is 0.938. The van der Waals surface area contributed by atoms with Crippen LogP contribution < -0.4 is 16.2 Å². The molecule has 9 heteroatoms. The highest BCUT2D eigenvalue weighted by molar-refractivity contribution is 9.10. The van der Waals surface area contributed by atoms with Crippen LogP contribution in [0, 0.1) is 5.82 Å². The molecule has 0 aliphatic carbocycles. The molecule has 1 aromatic rings. The Hall–Kier alpha value is -1.35. The van der Waals surface area contributed by atoms with Gasteiger partial charge in [-0.2, -0.15) is 0 Å². The number of halogens is 2. The second-order valence-electron chi connectivity index (χ2n) is 2.77. The van der Waals surface area contributed by atoms with Crippen molar-refractivity contribution in [2.45, 2.75) is 4.90 Å². The van der Waals surface area contributed by atoms with Crippen LogP contribution >= 0.6 is 15.9 Å². The quantitative estimate of drug-likeness (QED) is 0.691. The van der Waals surface area contributed by atoms with Crippen LogP contribution in [0.1, 0.15) is 0 Å². The van der Waals surface area contributed by atoms with Gasteiger partial charge in [-0.15, -0.1) is 0 Å². The highest BCUT2D eigenvalue weighted by Crippen LogP contribution is 2.25. The number of amides is 2. The van der Waals surface area contributed by atoms with Gasteiger partial charge in [-0.3, -0.25) is 0 Å². The molecule has 0 atom stereocenters. The fraction of sp³-hybridized carbons (Fsp3) is 0. The number of carbonyl (C=O) groups excluding carboxylic acids is 1. The lowest BCUT2D eigenvalue weighted by Gasteiger charge is -2.07. The summed E-state index contributed by atoms with van der Waals surface area (Å²) in [4.78, 5) is 9.68. The number of rotatable bonds is 2. The molecule has 0 fully saturated rings. The van der Waals surface area contributed by atoms with E-state index in [2.05, 4.69) is 21.7 Å². The zero-order chi connectivity index (χ0) is 12.5. The van der Waals surface area contributed by atoms with Crippen LogP contribution in [0.3, 0.4) is 0 Å². The highest BCUT2D eigenvalue weighted by atomic mass is 79.9. The summed E-state index contributed by atoms with van der Waals surface area (Å²) in [6.07, 6.45) is 0. The monoisotopic (exact) mass is 311 g/mol. The zero-order valence-corrected chi connectivity index (χ0v) is 10.1. The smallest absolute Gasteiger partial charge is 0.326 e. The SMILES string of the molecule is NC(=O)NS(=O)(=O)c1cc(N)c(Br)cc1F. The molecule has 5 N–H and O–H groups in total. The normalized spacial score (nSPS) is 11.1. The maximum atomic E-state index is 13.3. The summed E-state index contributed by atoms with van der Waals surface area (Å²) in [6.45, 7) is 0. The Balaban J connectivity index is 3.34. The summed E-state index contributed by atoms with van der Waals surface area (Å²) in [7, 11) is -4.33. The van der Waals surface area contributed by atoms with Gasteiger partial charge in [-0.05, 0) is 28.1 Å². The Morgan fingerprint density at radius 3 is 2.50 bits per heavy atom. The van der Waals surface area contributed by atoms with E-state index in [0.717, 1.165) is 12.1 Å². The second kappa shape index (κ2) is 4.26. The van der Waals surface area contributed by atoms with Crippen LogP contribution in [0.2, 0.25) is 0 Å². The highest BCUT2D eigenvalue weighted by Gasteiger charge is 2.21. The number of urea groups is 1. The number of nitrogen functional groups attached to an aromatic ring is 1. The Morgan fingerprint density at radius 1 is 1.44 bits per heavy atom. The van der Waals surface area contributed by atoms with Crippen LogP contribution in [0.15, 0.2) is 21.5 Å². The molecule has 0 aliphatic heterocycles. The molecule has 16 heavy (non-hydrogen) atoms. The van der Waals surface area contributed by atoms with E-state index < -0.39 is 26.8 Å². The third-order valence-electron chi connectivity index (χ3n) is 1.58. The summed E-state index contributed by atoms with van der Waals surface area (Å²) in [5.41, 5.74) is 10.1. The molecular weight excluding hydrogens is 305 g/mol. The lowest BCUT2D eigenvalue weighted by molar-refractivity contribution is 0.253. The van der Waals surface area contributed by atoms with Gasteiger partial charge in [-0.25, -0.2) is 22.3 Å². The molecule has 88 valence electrons. The summed E-state index contributed by atoms with van der Waals surface area (Å²) in [6, 6.07) is 0.455. The fourth-order valence-corrected chi connectivity index (χ4v) is 2.23. The Morgan fingerprint density at radius 2 is 2.00 bits per heavy atom. The minimum Gasteiger partial charge on any atom is -0.398 e. The maximum Gasteiger partial charge on any atom is 0.326 e. The summed E-state index contributed by atoms with van der Waals surface area (Å²) < 4.78 is 37.8. The minimum atomic E-state index is -4.33. The van der Waals surface area contributed by atoms with Gasteiger partial charge in [0.05, 0.1) is 0 Å². The molecule has 0 spiro atoms. The Kier molecular flexibility index (Phi) is 3.38. The van der Waals surface area contributed by atoms with Crippen molar-refractivity contribution in [1.29, 1.82) is 0 Å². The number of benzene rings is 1. The third-order valence-corrected chi connectivity index (χ3v) is 3.62. The molecule has 1 aromatic carbocycles. The molecule has 6 nitrogen and oxygen atoms in total. The first-order valence-corrected chi connectivity index (χ1v) is 6.08. The van der Waals surface area contributed by atoms with Crippen molar-refractivity contribution in [3.63, 3.8) is 0 Å². The predicted octanol–water partition coefficient (Wildman–Crippen LogP) is 0.527. The second-order valence-corrected chi connectivity index (χ2v) is 5.28. The van der Waals surface area contributed by atoms with Crippen LogP contribution in [0.5, 0.6) is 0 Å². The molecule has 1 rings (SSSR count). The van der Waals surface area contributed by atoms with Gasteiger partial charge in [0.15, 0.2) is 0 Å². The van der Waals surface area contributed by atoms with Crippen molar-refractivity contribution in [3.8, 4) is 0 Å². The lowest BCUT2D eigenvalue weighted by atomic mass is 10.3. The number of primary amides is 1. The number of hydrogen-bond acceptors (Lipinski definition) is 4. The molecule has 2 amide bonds. The lowest BCUT2D eigenvalue weighted by Crippen LogP contribution is -2.35. The summed E-state index contributed by atoms with van der Waals surface area (Å²) >= 11 is 2.93. The number of sulfonamides is 1. The molecule has 0 heterocycles. The van der Waals surface area contributed by atoms with Gasteiger partial charge in [0, 0.05) is 10.2 Å². The van der Waals surface area contributed by atoms with Gasteiger partial charge < -0.3 is 11.5 Å². The van der Waals surface area contributed by atoms with E-state index in [0.29, 0.717) is 0 Å². The van der Waals surface area contributed by atoms with Crippen LogP contribution in [-0.2, 0) is 10.0 Å². The molecule has 0 saturated carbocycles. The van der Waals surface area contributed by atoms with Gasteiger partial charge in [0.25, 0.3) is 10.0 Å². The van der Waals surface area contributed by atoms with Gasteiger partial charge in [-0.1, -0.05) is 0 Å². The van der Waals surface area contributed by atoms with Crippen molar-refractivity contribution in [2.75, 3.05) is 5.73 Å². The van der Waals surface area contributed by atoms with E-state index in [1.165, 1.54) is 4.72 Å². The molecule has 0 radical (unpaired) electrons. The van der Waals surface area contributed by atoms with E-state index >= 15 is 0 Å². The minimum absolute atomic E-state index is 0.0197. The zero-order valence-electron chi connectivity index (χ0n) is 7.70. The van der Waals surface area contributed by atoms with E-state index in [1.54, 1.807) is 0 Å². The Bertz CT molecular complexity index is 546. The molecule has 0 unspecified atom stereocenters. The largest absolute Gasteiger partial charge is 0.398 e. The summed E-state index contributed by atoms with van der Waals surface area (Å²) in [5, 5.41) is 0. The van der Waals surface area contributed by atoms with E-state index in [-0.39, 0.29) is 10.2 Å². The Labute approximate surface area is 99.0 Å². The van der Waals surface area contributed by atoms with Gasteiger partial charge >= 0.3 is 6.03 Å². The third kappa shape index (κ3) is 2.61. The molecular formula is C7H7BrFN3O3S. The van der Waals surface area contributed by atoms with Crippen molar-refractivity contribution in [3.05, 3.63) is 22.4 Å². The maximum absolute atomic E-state index is 13.3. The van der Waals surface area contributed by atoms with Crippen molar-refractivity contribution >= 4 is 37.7 Å². The number of nitrogens with one attached hydrogen (secondary N) is 1. The van der Waals surface area contributed by atoms with Crippen molar-refractivity contribution in [2.24, 2.45) is 5.73 Å². The summed E-state index contributed by atoms with van der Waals surface area (Å²) in [5.74, 6) is -1.05. The van der Waals surface area contributed by atoms with Gasteiger partial charge in [0.2, 0.25) is 0 Å². The van der Waals surface area contributed by atoms with E-state index in [1.807, 2.05) is 0 Å². The number of carbonyl (C=O) groups is 1. The van der Waals surface area contributed by atoms with Crippen LogP contribution in [-0.4, -0.2) is 14.4 Å². The number of anilines is 1. The molecule has 0 bridgehead atoms. The van der Waals surface area contributed by atoms with Crippen LogP contribution in [0.4, 0.5) is 14.9 Å². The first-order valence-electron chi connectivity index (χ1n) is 3.81. The van der Waals surface area contributed by atoms with Crippen molar-refractivity contribution < 1.29 is 17.6 Å². The number of nitrogens with two attached hydrogens (primary N) is 2. The van der Waals surface area contributed by atoms with E-state index in [4.69, 9.17) is 5.73 Å². The number of hydrogen-bond donors (Lipinski definition) is 3. The first-order chi connectivity index (χ1) is 7.24. The first kappa shape index (κ1) is 12.7. The van der Waals surface area contributed by atoms with E-state index in [9.17, 15) is 17.6 Å².